The van der Waals surface area contributed by atoms with Crippen LogP contribution < -0.4 is 0 Å². The van der Waals surface area contributed by atoms with Crippen LogP contribution in [0, 0.1) is 5.92 Å². The van der Waals surface area contributed by atoms with E-state index in [1.807, 2.05) is 0 Å². The molecule has 0 bridgehead atoms. The van der Waals surface area contributed by atoms with Gasteiger partial charge in [-0.1, -0.05) is 62.6 Å². The number of aliphatic hydroxyl groups is 1. The summed E-state index contributed by atoms with van der Waals surface area (Å²) >= 11 is 6.64. The normalized spacial score (nSPS) is 23.2. The Balaban J connectivity index is 2.03. The van der Waals surface area contributed by atoms with Crippen LogP contribution in [-0.2, 0) is 19.1 Å². The maximum absolute atomic E-state index is 11.3. The SMILES string of the molecule is CCCCCC(COC(C)=O)c1ccc(C2C(C/C=C\CCCC(=O)OC)C(Cl)C[C@H]2O)cc1. The number of esters is 2. The highest BCUT2D eigenvalue weighted by molar-refractivity contribution is 6.21. The van der Waals surface area contributed by atoms with Crippen molar-refractivity contribution in [1.29, 1.82) is 0 Å². The summed E-state index contributed by atoms with van der Waals surface area (Å²) in [6.45, 7) is 4.03. The third-order valence-corrected chi connectivity index (χ3v) is 7.30. The van der Waals surface area contributed by atoms with Crippen molar-refractivity contribution in [2.75, 3.05) is 13.7 Å². The number of carbonyl (C=O) groups is 2. The van der Waals surface area contributed by atoms with Crippen molar-refractivity contribution in [3.8, 4) is 0 Å². The Hall–Kier alpha value is -1.85. The number of unbranched alkanes of at least 4 members (excludes halogenated alkanes) is 3. The van der Waals surface area contributed by atoms with E-state index in [4.69, 9.17) is 16.3 Å². The standard InChI is InChI=1S/C28H41ClO5/c1-4-5-8-11-23(19-34-20(2)30)21-14-16-22(17-15-21)28-24(25(29)18-26(28)31)12-9-6-7-10-13-27(32)33-3/h6,9,14-17,23-26,28,31H,4-5,7-8,10-13,18-19H2,1-3H3/b9-6-/t23?,24?,25?,26-,28?/m1/s1. The van der Waals surface area contributed by atoms with E-state index in [0.29, 0.717) is 19.4 Å². The third-order valence-electron chi connectivity index (χ3n) is 6.80. The summed E-state index contributed by atoms with van der Waals surface area (Å²) in [7, 11) is 1.41. The summed E-state index contributed by atoms with van der Waals surface area (Å²) < 4.78 is 10.00. The minimum Gasteiger partial charge on any atom is -0.469 e. The van der Waals surface area contributed by atoms with Crippen LogP contribution in [0.4, 0.5) is 0 Å². The molecular formula is C28H41ClO5. The van der Waals surface area contributed by atoms with Crippen LogP contribution in [0.5, 0.6) is 0 Å². The molecule has 5 nitrogen and oxygen atoms in total. The second kappa shape index (κ2) is 15.2. The molecule has 0 heterocycles. The van der Waals surface area contributed by atoms with Gasteiger partial charge in [-0.3, -0.25) is 9.59 Å². The molecule has 1 aromatic rings. The van der Waals surface area contributed by atoms with Gasteiger partial charge in [0.2, 0.25) is 0 Å². The van der Waals surface area contributed by atoms with Gasteiger partial charge in [0, 0.05) is 30.6 Å². The van der Waals surface area contributed by atoms with Crippen molar-refractivity contribution in [2.45, 2.75) is 95.0 Å². The molecule has 6 heteroatoms. The first-order chi connectivity index (χ1) is 16.4. The topological polar surface area (TPSA) is 72.8 Å². The number of hydrogen-bond donors (Lipinski definition) is 1. The Morgan fingerprint density at radius 3 is 2.56 bits per heavy atom. The zero-order chi connectivity index (χ0) is 24.9. The number of halogens is 1. The molecule has 5 atom stereocenters. The lowest BCUT2D eigenvalue weighted by Gasteiger charge is -2.24. The van der Waals surface area contributed by atoms with Crippen LogP contribution in [0.1, 0.15) is 94.6 Å². The molecule has 0 aliphatic heterocycles. The Morgan fingerprint density at radius 1 is 1.18 bits per heavy atom. The summed E-state index contributed by atoms with van der Waals surface area (Å²) in [5.74, 6) is -0.107. The van der Waals surface area contributed by atoms with E-state index < -0.39 is 6.10 Å². The van der Waals surface area contributed by atoms with Gasteiger partial charge in [-0.15, -0.1) is 11.6 Å². The summed E-state index contributed by atoms with van der Waals surface area (Å²) in [6.07, 6.45) is 11.5. The highest BCUT2D eigenvalue weighted by Crippen LogP contribution is 2.45. The van der Waals surface area contributed by atoms with Crippen molar-refractivity contribution in [1.82, 2.24) is 0 Å². The Labute approximate surface area is 209 Å². The van der Waals surface area contributed by atoms with Gasteiger partial charge >= 0.3 is 11.9 Å². The fraction of sp³-hybridized carbons (Fsp3) is 0.643. The van der Waals surface area contributed by atoms with E-state index in [1.165, 1.54) is 14.0 Å². The van der Waals surface area contributed by atoms with E-state index in [0.717, 1.165) is 56.1 Å². The molecule has 0 radical (unpaired) electrons. The van der Waals surface area contributed by atoms with Crippen LogP contribution in [0.15, 0.2) is 36.4 Å². The summed E-state index contributed by atoms with van der Waals surface area (Å²) in [5.41, 5.74) is 2.27. The first kappa shape index (κ1) is 28.4. The second-order valence-electron chi connectivity index (χ2n) is 9.35. The number of methoxy groups -OCH3 is 1. The number of alkyl halides is 1. The molecule has 0 saturated heterocycles. The maximum Gasteiger partial charge on any atom is 0.305 e. The molecule has 0 amide bonds. The van der Waals surface area contributed by atoms with Crippen molar-refractivity contribution in [3.63, 3.8) is 0 Å². The molecule has 34 heavy (non-hydrogen) atoms. The largest absolute Gasteiger partial charge is 0.469 e. The van der Waals surface area contributed by atoms with Crippen LogP contribution in [-0.4, -0.2) is 42.2 Å². The Bertz CT molecular complexity index is 776. The van der Waals surface area contributed by atoms with Crippen molar-refractivity contribution in [3.05, 3.63) is 47.5 Å². The number of benzene rings is 1. The predicted octanol–water partition coefficient (Wildman–Crippen LogP) is 6.28. The lowest BCUT2D eigenvalue weighted by molar-refractivity contribution is -0.142. The summed E-state index contributed by atoms with van der Waals surface area (Å²) in [4.78, 5) is 22.6. The predicted molar refractivity (Wildman–Crippen MR) is 136 cm³/mol. The molecule has 0 aromatic heterocycles. The molecule has 1 aliphatic rings. The van der Waals surface area contributed by atoms with E-state index in [-0.39, 0.29) is 35.1 Å². The molecule has 4 unspecified atom stereocenters. The zero-order valence-corrected chi connectivity index (χ0v) is 21.6. The van der Waals surface area contributed by atoms with Gasteiger partial charge in [-0.2, -0.15) is 0 Å². The van der Waals surface area contributed by atoms with Crippen LogP contribution >= 0.6 is 11.6 Å². The second-order valence-corrected chi connectivity index (χ2v) is 9.91. The van der Waals surface area contributed by atoms with Gasteiger partial charge in [0.15, 0.2) is 0 Å². The first-order valence-electron chi connectivity index (χ1n) is 12.6. The van der Waals surface area contributed by atoms with Crippen molar-refractivity contribution >= 4 is 23.5 Å². The van der Waals surface area contributed by atoms with E-state index >= 15 is 0 Å². The lowest BCUT2D eigenvalue weighted by atomic mass is 9.84. The molecular weight excluding hydrogens is 452 g/mol. The van der Waals surface area contributed by atoms with Crippen LogP contribution in [0.25, 0.3) is 0 Å². The van der Waals surface area contributed by atoms with Crippen molar-refractivity contribution < 1.29 is 24.2 Å². The highest BCUT2D eigenvalue weighted by Gasteiger charge is 2.41. The first-order valence-corrected chi connectivity index (χ1v) is 13.1. The Kier molecular flexibility index (Phi) is 12.7. The average molecular weight is 493 g/mol. The molecule has 2 rings (SSSR count). The van der Waals surface area contributed by atoms with Gasteiger partial charge in [-0.25, -0.2) is 0 Å². The number of aliphatic hydroxyl groups excluding tert-OH is 1. The highest BCUT2D eigenvalue weighted by atomic mass is 35.5. The summed E-state index contributed by atoms with van der Waals surface area (Å²) in [5, 5.41) is 10.7. The fourth-order valence-electron chi connectivity index (χ4n) is 4.86. The lowest BCUT2D eigenvalue weighted by Crippen LogP contribution is -2.18. The molecule has 190 valence electrons. The zero-order valence-electron chi connectivity index (χ0n) is 20.9. The number of allylic oxidation sites excluding steroid dienone is 2. The van der Waals surface area contributed by atoms with E-state index in [1.54, 1.807) is 0 Å². The van der Waals surface area contributed by atoms with Gasteiger partial charge in [0.1, 0.15) is 0 Å². The minimum atomic E-state index is -0.465. The number of hydrogen-bond acceptors (Lipinski definition) is 5. The minimum absolute atomic E-state index is 0.0109. The number of carbonyl (C=O) groups excluding carboxylic acids is 2. The smallest absolute Gasteiger partial charge is 0.305 e. The van der Waals surface area contributed by atoms with E-state index in [2.05, 4.69) is 48.1 Å². The van der Waals surface area contributed by atoms with Gasteiger partial charge in [-0.05, 0) is 49.1 Å². The molecule has 1 N–H and O–H groups in total. The van der Waals surface area contributed by atoms with Gasteiger partial charge in [0.25, 0.3) is 0 Å². The molecule has 0 spiro atoms. The quantitative estimate of drug-likeness (QED) is 0.143. The summed E-state index contributed by atoms with van der Waals surface area (Å²) in [6, 6.07) is 8.44. The molecule has 1 fully saturated rings. The third kappa shape index (κ3) is 9.07. The Morgan fingerprint density at radius 2 is 1.91 bits per heavy atom. The monoisotopic (exact) mass is 492 g/mol. The number of ether oxygens (including phenoxy) is 2. The number of rotatable bonds is 14. The van der Waals surface area contributed by atoms with Crippen LogP contribution in [0.2, 0.25) is 0 Å². The van der Waals surface area contributed by atoms with Gasteiger partial charge < -0.3 is 14.6 Å². The molecule has 1 saturated carbocycles. The van der Waals surface area contributed by atoms with E-state index in [9.17, 15) is 14.7 Å². The van der Waals surface area contributed by atoms with Crippen LogP contribution in [0.3, 0.4) is 0 Å². The molecule has 1 aromatic carbocycles. The fourth-order valence-corrected chi connectivity index (χ4v) is 5.30. The average Bonchev–Trinajstić information content (AvgIpc) is 3.10. The van der Waals surface area contributed by atoms with Crippen molar-refractivity contribution in [2.24, 2.45) is 5.92 Å². The van der Waals surface area contributed by atoms with Gasteiger partial charge in [0.05, 0.1) is 19.8 Å². The maximum atomic E-state index is 11.3. The molecule has 1 aliphatic carbocycles.